The van der Waals surface area contributed by atoms with E-state index in [4.69, 9.17) is 0 Å². The van der Waals surface area contributed by atoms with E-state index in [-0.39, 0.29) is 0 Å². The summed E-state index contributed by atoms with van der Waals surface area (Å²) >= 11 is 0. The predicted molar refractivity (Wildman–Crippen MR) is 113 cm³/mol. The molecule has 3 heteroatoms. The highest BCUT2D eigenvalue weighted by Crippen LogP contribution is 2.25. The molecule has 0 amide bonds. The Morgan fingerprint density at radius 1 is 0.920 bits per heavy atom. The first-order valence-corrected chi connectivity index (χ1v) is 11.2. The van der Waals surface area contributed by atoms with Gasteiger partial charge in [0.1, 0.15) is 11.0 Å². The van der Waals surface area contributed by atoms with Crippen LogP contribution in [-0.2, 0) is 11.0 Å². The molecule has 146 valence electrons. The van der Waals surface area contributed by atoms with Crippen molar-refractivity contribution in [3.63, 3.8) is 0 Å². The van der Waals surface area contributed by atoms with Crippen LogP contribution in [0.2, 0.25) is 0 Å². The Balaban J connectivity index is 0.000000845. The topological polar surface area (TPSA) is 20.3 Å². The molecule has 1 aliphatic rings. The molecule has 2 nitrogen and oxygen atoms in total. The summed E-state index contributed by atoms with van der Waals surface area (Å²) in [4.78, 5) is 0.928. The molecule has 1 aromatic rings. The Hall–Kier alpha value is -0.670. The quantitative estimate of drug-likeness (QED) is 0.574. The van der Waals surface area contributed by atoms with Crippen LogP contribution in [0.1, 0.15) is 92.1 Å². The van der Waals surface area contributed by atoms with E-state index in [2.05, 4.69) is 51.1 Å². The lowest BCUT2D eigenvalue weighted by Crippen LogP contribution is -2.34. The third-order valence-corrected chi connectivity index (χ3v) is 5.60. The Morgan fingerprint density at radius 3 is 1.76 bits per heavy atom. The van der Waals surface area contributed by atoms with E-state index in [1.165, 1.54) is 37.7 Å². The molecule has 1 aliphatic carbocycles. The van der Waals surface area contributed by atoms with Crippen LogP contribution in [-0.4, -0.2) is 21.6 Å². The summed E-state index contributed by atoms with van der Waals surface area (Å²) < 4.78 is 14.6. The van der Waals surface area contributed by atoms with Crippen molar-refractivity contribution in [2.75, 3.05) is 7.05 Å². The lowest BCUT2D eigenvalue weighted by molar-refractivity contribution is 0.296. The summed E-state index contributed by atoms with van der Waals surface area (Å²) in [5.74, 6) is 1.36. The maximum absolute atomic E-state index is 12.6. The third kappa shape index (κ3) is 9.55. The number of benzene rings is 1. The maximum Gasteiger partial charge on any atom is 0.127 e. The van der Waals surface area contributed by atoms with E-state index < -0.39 is 11.0 Å². The zero-order valence-corrected chi connectivity index (χ0v) is 18.7. The Morgan fingerprint density at radius 2 is 1.36 bits per heavy atom. The fraction of sp³-hybridized carbons (Fsp3) is 0.727. The van der Waals surface area contributed by atoms with Crippen molar-refractivity contribution in [1.29, 1.82) is 0 Å². The van der Waals surface area contributed by atoms with Crippen LogP contribution >= 0.6 is 0 Å². The van der Waals surface area contributed by atoms with Gasteiger partial charge in [-0.05, 0) is 42.4 Å². The van der Waals surface area contributed by atoms with Gasteiger partial charge in [0, 0.05) is 13.1 Å². The molecule has 25 heavy (non-hydrogen) atoms. The van der Waals surface area contributed by atoms with Crippen molar-refractivity contribution < 1.29 is 4.21 Å². The first kappa shape index (κ1) is 24.3. The van der Waals surface area contributed by atoms with Gasteiger partial charge in [-0.1, -0.05) is 79.9 Å². The van der Waals surface area contributed by atoms with Gasteiger partial charge in [-0.2, -0.15) is 0 Å². The zero-order chi connectivity index (χ0) is 19.4. The van der Waals surface area contributed by atoms with E-state index in [1.54, 1.807) is 0 Å². The molecule has 1 fully saturated rings. The van der Waals surface area contributed by atoms with Gasteiger partial charge in [0.15, 0.2) is 0 Å². The normalized spacial score (nSPS) is 16.1. The minimum atomic E-state index is -1.01. The monoisotopic (exact) mass is 367 g/mol. The molecule has 1 atom stereocenters. The minimum absolute atomic E-state index is 0.486. The molecule has 0 N–H and O–H groups in total. The van der Waals surface area contributed by atoms with Crippen molar-refractivity contribution in [3.05, 3.63) is 29.8 Å². The molecule has 0 heterocycles. The van der Waals surface area contributed by atoms with Crippen LogP contribution in [0.5, 0.6) is 0 Å². The van der Waals surface area contributed by atoms with E-state index in [0.717, 1.165) is 10.8 Å². The third-order valence-electron chi connectivity index (χ3n) is 4.10. The lowest BCUT2D eigenvalue weighted by Gasteiger charge is -2.29. The molecular formula is C22H41NOS. The van der Waals surface area contributed by atoms with Crippen molar-refractivity contribution in [1.82, 2.24) is 4.31 Å². The van der Waals surface area contributed by atoms with Gasteiger partial charge < -0.3 is 0 Å². The summed E-state index contributed by atoms with van der Waals surface area (Å²) in [5.41, 5.74) is 1.31. The summed E-state index contributed by atoms with van der Waals surface area (Å²) in [7, 11) is 0.989. The van der Waals surface area contributed by atoms with Crippen molar-refractivity contribution in [2.45, 2.75) is 97.4 Å². The van der Waals surface area contributed by atoms with Gasteiger partial charge in [-0.3, -0.25) is 0 Å². The van der Waals surface area contributed by atoms with Gasteiger partial charge in [0.05, 0.1) is 4.90 Å². The van der Waals surface area contributed by atoms with E-state index in [9.17, 15) is 4.21 Å². The first-order chi connectivity index (χ1) is 11.8. The molecule has 1 saturated carbocycles. The largest absolute Gasteiger partial charge is 0.237 e. The predicted octanol–water partition coefficient (Wildman–Crippen LogP) is 6.79. The highest BCUT2D eigenvalue weighted by atomic mass is 32.2. The van der Waals surface area contributed by atoms with Crippen molar-refractivity contribution >= 4 is 11.0 Å². The summed E-state index contributed by atoms with van der Waals surface area (Å²) in [6.07, 6.45) is 6.26. The Bertz CT molecular complexity index is 459. The number of nitrogens with zero attached hydrogens (tertiary/aromatic N) is 1. The molecule has 0 aliphatic heterocycles. The molecule has 0 spiro atoms. The van der Waals surface area contributed by atoms with Crippen LogP contribution in [0.25, 0.3) is 0 Å². The molecule has 1 unspecified atom stereocenters. The number of hydrogen-bond acceptors (Lipinski definition) is 1. The highest BCUT2D eigenvalue weighted by molar-refractivity contribution is 7.82. The van der Waals surface area contributed by atoms with Gasteiger partial charge in [0.25, 0.3) is 0 Å². The molecule has 1 aromatic carbocycles. The molecule has 0 bridgehead atoms. The van der Waals surface area contributed by atoms with Gasteiger partial charge >= 0.3 is 0 Å². The summed E-state index contributed by atoms with van der Waals surface area (Å²) in [5, 5.41) is 0. The fourth-order valence-corrected chi connectivity index (χ4v) is 3.90. The van der Waals surface area contributed by atoms with E-state index >= 15 is 0 Å². The van der Waals surface area contributed by atoms with Crippen molar-refractivity contribution in [2.24, 2.45) is 5.92 Å². The fourth-order valence-electron chi connectivity index (χ4n) is 2.72. The maximum atomic E-state index is 12.6. The molecule has 0 aromatic heterocycles. The highest BCUT2D eigenvalue weighted by Gasteiger charge is 2.22. The second-order valence-corrected chi connectivity index (χ2v) is 9.09. The first-order valence-electron chi connectivity index (χ1n) is 10.1. The molecule has 0 radical (unpaired) electrons. The zero-order valence-electron chi connectivity index (χ0n) is 17.8. The molecule has 0 saturated heterocycles. The van der Waals surface area contributed by atoms with E-state index in [0.29, 0.717) is 12.0 Å². The lowest BCUT2D eigenvalue weighted by atomic mass is 9.96. The van der Waals surface area contributed by atoms with E-state index in [1.807, 2.05) is 33.0 Å². The smallest absolute Gasteiger partial charge is 0.127 e. The van der Waals surface area contributed by atoms with Gasteiger partial charge in [-0.15, -0.1) is 0 Å². The Labute approximate surface area is 160 Å². The van der Waals surface area contributed by atoms with Crippen LogP contribution in [0, 0.1) is 5.92 Å². The summed E-state index contributed by atoms with van der Waals surface area (Å²) in [6.45, 7) is 14.9. The molecule has 2 rings (SSSR count). The SMILES string of the molecule is CC.CC(C)C.CC(C)c1ccc(S(=O)N(C)C2CCCCC2)cc1. The van der Waals surface area contributed by atoms with Gasteiger partial charge in [0.2, 0.25) is 0 Å². The van der Waals surface area contributed by atoms with Crippen LogP contribution in [0.3, 0.4) is 0 Å². The summed E-state index contributed by atoms with van der Waals surface area (Å²) in [6, 6.07) is 8.73. The second-order valence-electron chi connectivity index (χ2n) is 7.54. The number of hydrogen-bond donors (Lipinski definition) is 0. The van der Waals surface area contributed by atoms with Crippen LogP contribution in [0.15, 0.2) is 29.2 Å². The second kappa shape index (κ2) is 13.5. The van der Waals surface area contributed by atoms with Crippen LogP contribution in [0.4, 0.5) is 0 Å². The van der Waals surface area contributed by atoms with Crippen LogP contribution < -0.4 is 0 Å². The van der Waals surface area contributed by atoms with Crippen molar-refractivity contribution in [3.8, 4) is 0 Å². The number of rotatable bonds is 4. The average molecular weight is 368 g/mol. The van der Waals surface area contributed by atoms with Gasteiger partial charge in [-0.25, -0.2) is 8.51 Å². The molecular weight excluding hydrogens is 326 g/mol. The Kier molecular flexibility index (Phi) is 13.2. The standard InChI is InChI=1S/C16H25NOS.C4H10.C2H6/c1-13(2)14-9-11-16(12-10-14)19(18)17(3)15-7-5-4-6-8-15;1-4(2)3;1-2/h9-13,15H,4-8H2,1-3H3;4H,1-3H3;1-2H3. The average Bonchev–Trinajstić information content (AvgIpc) is 2.62. The minimum Gasteiger partial charge on any atom is -0.237 e.